The van der Waals surface area contributed by atoms with E-state index >= 15 is 0 Å². The van der Waals surface area contributed by atoms with E-state index in [0.717, 1.165) is 18.1 Å². The molecule has 0 aliphatic carbocycles. The van der Waals surface area contributed by atoms with Gasteiger partial charge < -0.3 is 9.84 Å². The van der Waals surface area contributed by atoms with Crippen LogP contribution in [0.3, 0.4) is 0 Å². The quantitative estimate of drug-likeness (QED) is 0.847. The molecular weight excluding hydrogens is 274 g/mol. The Balaban J connectivity index is 2.19. The molecule has 0 radical (unpaired) electrons. The maximum Gasteiger partial charge on any atom is 0.153 e. The monoisotopic (exact) mass is 295 g/mol. The summed E-state index contributed by atoms with van der Waals surface area (Å²) in [6, 6.07) is 2.09. The molecular formula is C14H21N3O2S. The SMILES string of the molecule is COCCc1nc(Cc2ccsc2)n(CC(C)(C)O)n1. The highest BCUT2D eigenvalue weighted by molar-refractivity contribution is 7.07. The first-order valence-corrected chi connectivity index (χ1v) is 7.57. The molecule has 0 aromatic carbocycles. The maximum atomic E-state index is 10.00. The molecule has 5 nitrogen and oxygen atoms in total. The number of nitrogens with zero attached hydrogens (tertiary/aromatic N) is 3. The van der Waals surface area contributed by atoms with Gasteiger partial charge in [0.2, 0.25) is 0 Å². The van der Waals surface area contributed by atoms with Gasteiger partial charge in [-0.25, -0.2) is 9.67 Å². The van der Waals surface area contributed by atoms with E-state index in [-0.39, 0.29) is 0 Å². The second kappa shape index (κ2) is 6.47. The molecule has 1 N–H and O–H groups in total. The van der Waals surface area contributed by atoms with Crippen molar-refractivity contribution in [2.24, 2.45) is 0 Å². The molecule has 0 spiro atoms. The molecule has 0 saturated heterocycles. The number of ether oxygens (including phenoxy) is 1. The summed E-state index contributed by atoms with van der Waals surface area (Å²) in [5, 5.41) is 18.6. The molecule has 0 aliphatic heterocycles. The third-order valence-electron chi connectivity index (χ3n) is 2.80. The van der Waals surface area contributed by atoms with Gasteiger partial charge in [-0.3, -0.25) is 0 Å². The van der Waals surface area contributed by atoms with Crippen molar-refractivity contribution in [1.82, 2.24) is 14.8 Å². The first-order chi connectivity index (χ1) is 9.48. The van der Waals surface area contributed by atoms with E-state index < -0.39 is 5.60 Å². The van der Waals surface area contributed by atoms with Gasteiger partial charge in [0.05, 0.1) is 18.8 Å². The molecule has 0 amide bonds. The van der Waals surface area contributed by atoms with Crippen LogP contribution in [0.4, 0.5) is 0 Å². The first-order valence-electron chi connectivity index (χ1n) is 6.63. The highest BCUT2D eigenvalue weighted by atomic mass is 32.1. The van der Waals surface area contributed by atoms with Crippen molar-refractivity contribution < 1.29 is 9.84 Å². The first kappa shape index (κ1) is 15.2. The van der Waals surface area contributed by atoms with Gasteiger partial charge >= 0.3 is 0 Å². The Kier molecular flexibility index (Phi) is 4.91. The summed E-state index contributed by atoms with van der Waals surface area (Å²) in [4.78, 5) is 4.57. The fourth-order valence-corrected chi connectivity index (χ4v) is 2.59. The average Bonchev–Trinajstić information content (AvgIpc) is 2.96. The number of hydrogen-bond donors (Lipinski definition) is 1. The van der Waals surface area contributed by atoms with Crippen LogP contribution in [-0.4, -0.2) is 39.2 Å². The lowest BCUT2D eigenvalue weighted by molar-refractivity contribution is 0.0566. The van der Waals surface area contributed by atoms with E-state index in [1.54, 1.807) is 32.3 Å². The normalized spacial score (nSPS) is 12.0. The lowest BCUT2D eigenvalue weighted by Crippen LogP contribution is -2.28. The van der Waals surface area contributed by atoms with Gasteiger partial charge in [0.25, 0.3) is 0 Å². The predicted octanol–water partition coefficient (Wildman–Crippen LogP) is 1.89. The van der Waals surface area contributed by atoms with Gasteiger partial charge in [-0.05, 0) is 36.2 Å². The van der Waals surface area contributed by atoms with Crippen LogP contribution in [-0.2, 0) is 24.1 Å². The summed E-state index contributed by atoms with van der Waals surface area (Å²) < 4.78 is 6.87. The van der Waals surface area contributed by atoms with Gasteiger partial charge in [-0.1, -0.05) is 0 Å². The zero-order valence-corrected chi connectivity index (χ0v) is 13.0. The fraction of sp³-hybridized carbons (Fsp3) is 0.571. The molecule has 2 aromatic rings. The van der Waals surface area contributed by atoms with Crippen molar-refractivity contribution in [2.75, 3.05) is 13.7 Å². The number of aliphatic hydroxyl groups is 1. The average molecular weight is 295 g/mol. The smallest absolute Gasteiger partial charge is 0.153 e. The Morgan fingerprint density at radius 3 is 2.85 bits per heavy atom. The van der Waals surface area contributed by atoms with E-state index in [9.17, 15) is 5.11 Å². The topological polar surface area (TPSA) is 60.2 Å². The van der Waals surface area contributed by atoms with Crippen LogP contribution in [0, 0.1) is 0 Å². The molecule has 0 saturated carbocycles. The zero-order chi connectivity index (χ0) is 14.6. The van der Waals surface area contributed by atoms with Crippen LogP contribution in [0.15, 0.2) is 16.8 Å². The zero-order valence-electron chi connectivity index (χ0n) is 12.2. The minimum atomic E-state index is -0.810. The van der Waals surface area contributed by atoms with E-state index in [4.69, 9.17) is 4.74 Å². The molecule has 6 heteroatoms. The number of rotatable bonds is 7. The number of thiophene rings is 1. The highest BCUT2D eigenvalue weighted by Gasteiger charge is 2.18. The molecule has 0 aliphatic rings. The lowest BCUT2D eigenvalue weighted by atomic mass is 10.1. The van der Waals surface area contributed by atoms with Crippen molar-refractivity contribution in [3.8, 4) is 0 Å². The summed E-state index contributed by atoms with van der Waals surface area (Å²) in [5.74, 6) is 1.65. The van der Waals surface area contributed by atoms with Crippen molar-refractivity contribution in [2.45, 2.75) is 38.8 Å². The van der Waals surface area contributed by atoms with Crippen molar-refractivity contribution in [3.63, 3.8) is 0 Å². The molecule has 0 unspecified atom stereocenters. The van der Waals surface area contributed by atoms with E-state index in [0.29, 0.717) is 19.6 Å². The van der Waals surface area contributed by atoms with E-state index in [1.807, 2.05) is 4.68 Å². The summed E-state index contributed by atoms with van der Waals surface area (Å²) in [5.41, 5.74) is 0.410. The van der Waals surface area contributed by atoms with Gasteiger partial charge in [-0.2, -0.15) is 16.4 Å². The van der Waals surface area contributed by atoms with Gasteiger partial charge in [-0.15, -0.1) is 0 Å². The summed E-state index contributed by atoms with van der Waals surface area (Å²) in [6.07, 6.45) is 1.42. The molecule has 110 valence electrons. The maximum absolute atomic E-state index is 10.00. The van der Waals surface area contributed by atoms with E-state index in [2.05, 4.69) is 26.9 Å². The largest absolute Gasteiger partial charge is 0.389 e. The minimum absolute atomic E-state index is 0.437. The third-order valence-corrected chi connectivity index (χ3v) is 3.53. The Labute approximate surface area is 123 Å². The highest BCUT2D eigenvalue weighted by Crippen LogP contribution is 2.14. The predicted molar refractivity (Wildman–Crippen MR) is 79.0 cm³/mol. The third kappa shape index (κ3) is 4.40. The Morgan fingerprint density at radius 1 is 1.45 bits per heavy atom. The number of aromatic nitrogens is 3. The second-order valence-corrected chi connectivity index (χ2v) is 6.25. The summed E-state index contributed by atoms with van der Waals surface area (Å²) >= 11 is 1.67. The lowest BCUT2D eigenvalue weighted by Gasteiger charge is -2.17. The molecule has 2 heterocycles. The minimum Gasteiger partial charge on any atom is -0.389 e. The van der Waals surface area contributed by atoms with Gasteiger partial charge in [0.1, 0.15) is 5.82 Å². The van der Waals surface area contributed by atoms with Crippen LogP contribution >= 0.6 is 11.3 Å². The summed E-state index contributed by atoms with van der Waals surface area (Å²) in [7, 11) is 1.67. The van der Waals surface area contributed by atoms with Crippen molar-refractivity contribution >= 4 is 11.3 Å². The van der Waals surface area contributed by atoms with Crippen LogP contribution < -0.4 is 0 Å². The van der Waals surface area contributed by atoms with Crippen molar-refractivity contribution in [1.29, 1.82) is 0 Å². The van der Waals surface area contributed by atoms with Crippen LogP contribution in [0.5, 0.6) is 0 Å². The van der Waals surface area contributed by atoms with E-state index in [1.165, 1.54) is 5.56 Å². The molecule has 20 heavy (non-hydrogen) atoms. The molecule has 2 aromatic heterocycles. The van der Waals surface area contributed by atoms with Gasteiger partial charge in [0, 0.05) is 20.0 Å². The van der Waals surface area contributed by atoms with Crippen LogP contribution in [0.25, 0.3) is 0 Å². The number of hydrogen-bond acceptors (Lipinski definition) is 5. The Bertz CT molecular complexity index is 529. The molecule has 0 fully saturated rings. The molecule has 0 atom stereocenters. The van der Waals surface area contributed by atoms with Crippen molar-refractivity contribution in [3.05, 3.63) is 34.0 Å². The summed E-state index contributed by atoms with van der Waals surface area (Å²) in [6.45, 7) is 4.59. The molecule has 2 rings (SSSR count). The Morgan fingerprint density at radius 2 is 2.25 bits per heavy atom. The molecule has 0 bridgehead atoms. The Hall–Kier alpha value is -1.24. The fourth-order valence-electron chi connectivity index (χ4n) is 1.93. The van der Waals surface area contributed by atoms with Crippen LogP contribution in [0.2, 0.25) is 0 Å². The van der Waals surface area contributed by atoms with Crippen LogP contribution in [0.1, 0.15) is 31.1 Å². The standard InChI is InChI=1S/C14H21N3O2S/c1-14(2,18)10-17-13(8-11-5-7-20-9-11)15-12(16-17)4-6-19-3/h5,7,9,18H,4,6,8,10H2,1-3H3. The number of methoxy groups -OCH3 is 1. The van der Waals surface area contributed by atoms with Gasteiger partial charge in [0.15, 0.2) is 5.82 Å². The second-order valence-electron chi connectivity index (χ2n) is 5.47.